The first-order valence-corrected chi connectivity index (χ1v) is 5.43. The molecule has 0 aromatic carbocycles. The van der Waals surface area contributed by atoms with Gasteiger partial charge in [-0.2, -0.15) is 5.10 Å². The number of aromatic nitrogens is 3. The minimum Gasteiger partial charge on any atom is -0.308 e. The summed E-state index contributed by atoms with van der Waals surface area (Å²) in [5.74, 6) is 0.917. The van der Waals surface area contributed by atoms with Crippen LogP contribution in [-0.2, 0) is 0 Å². The van der Waals surface area contributed by atoms with Crippen molar-refractivity contribution in [1.82, 2.24) is 20.5 Å². The van der Waals surface area contributed by atoms with E-state index in [0.29, 0.717) is 0 Å². The lowest BCUT2D eigenvalue weighted by Crippen LogP contribution is -2.20. The number of hydrogen-bond acceptors (Lipinski definition) is 3. The summed E-state index contributed by atoms with van der Waals surface area (Å²) < 4.78 is 0. The predicted molar refractivity (Wildman–Crippen MR) is 56.9 cm³/mol. The maximum absolute atomic E-state index is 4.10. The van der Waals surface area contributed by atoms with Gasteiger partial charge in [-0.15, -0.1) is 0 Å². The zero-order valence-electron chi connectivity index (χ0n) is 9.08. The van der Waals surface area contributed by atoms with Crippen molar-refractivity contribution in [1.29, 1.82) is 0 Å². The Morgan fingerprint density at radius 1 is 1.43 bits per heavy atom. The van der Waals surface area contributed by atoms with Gasteiger partial charge in [-0.05, 0) is 19.9 Å². The number of H-pyrrole nitrogens is 1. The third-order valence-corrected chi connectivity index (χ3v) is 2.32. The van der Waals surface area contributed by atoms with E-state index < -0.39 is 0 Å². The number of aromatic amines is 1. The average Bonchev–Trinajstić information content (AvgIpc) is 2.70. The SMILES string of the molecule is CCCCCCNC(C)c1ncn[nH]1. The van der Waals surface area contributed by atoms with Gasteiger partial charge in [0.25, 0.3) is 0 Å². The second kappa shape index (κ2) is 6.54. The lowest BCUT2D eigenvalue weighted by atomic mass is 10.2. The average molecular weight is 196 g/mol. The fourth-order valence-corrected chi connectivity index (χ4v) is 1.39. The number of rotatable bonds is 7. The maximum Gasteiger partial charge on any atom is 0.141 e. The molecule has 0 radical (unpaired) electrons. The van der Waals surface area contributed by atoms with Gasteiger partial charge in [0.05, 0.1) is 6.04 Å². The first-order chi connectivity index (χ1) is 6.84. The molecule has 1 atom stereocenters. The van der Waals surface area contributed by atoms with Crippen molar-refractivity contribution >= 4 is 0 Å². The van der Waals surface area contributed by atoms with Crippen LogP contribution in [-0.4, -0.2) is 21.7 Å². The van der Waals surface area contributed by atoms with Gasteiger partial charge < -0.3 is 5.32 Å². The molecule has 0 spiro atoms. The summed E-state index contributed by atoms with van der Waals surface area (Å²) in [5.41, 5.74) is 0. The molecule has 0 saturated carbocycles. The normalized spacial score (nSPS) is 13.0. The largest absolute Gasteiger partial charge is 0.308 e. The molecule has 4 nitrogen and oxygen atoms in total. The molecule has 1 aromatic heterocycles. The minimum atomic E-state index is 0.277. The highest BCUT2D eigenvalue weighted by Gasteiger charge is 2.05. The fourth-order valence-electron chi connectivity index (χ4n) is 1.39. The highest BCUT2D eigenvalue weighted by atomic mass is 15.2. The molecule has 0 amide bonds. The topological polar surface area (TPSA) is 53.6 Å². The Morgan fingerprint density at radius 3 is 2.93 bits per heavy atom. The lowest BCUT2D eigenvalue weighted by molar-refractivity contribution is 0.519. The fraction of sp³-hybridized carbons (Fsp3) is 0.800. The summed E-state index contributed by atoms with van der Waals surface area (Å²) in [4.78, 5) is 4.10. The van der Waals surface area contributed by atoms with E-state index >= 15 is 0 Å². The molecule has 14 heavy (non-hydrogen) atoms. The Balaban J connectivity index is 2.07. The van der Waals surface area contributed by atoms with E-state index in [1.807, 2.05) is 0 Å². The molecule has 0 aliphatic rings. The number of nitrogens with zero attached hydrogens (tertiary/aromatic N) is 2. The van der Waals surface area contributed by atoms with Crippen molar-refractivity contribution in [2.45, 2.75) is 45.6 Å². The highest BCUT2D eigenvalue weighted by Crippen LogP contribution is 2.04. The molecule has 0 saturated heterocycles. The second-order valence-corrected chi connectivity index (χ2v) is 3.61. The molecule has 80 valence electrons. The summed E-state index contributed by atoms with van der Waals surface area (Å²) >= 11 is 0. The summed E-state index contributed by atoms with van der Waals surface area (Å²) in [5, 5.41) is 10.1. The van der Waals surface area contributed by atoms with E-state index in [2.05, 4.69) is 34.3 Å². The summed E-state index contributed by atoms with van der Waals surface area (Å²) in [6.45, 7) is 5.38. The third-order valence-electron chi connectivity index (χ3n) is 2.32. The van der Waals surface area contributed by atoms with Gasteiger partial charge >= 0.3 is 0 Å². The zero-order valence-corrected chi connectivity index (χ0v) is 9.08. The Morgan fingerprint density at radius 2 is 2.29 bits per heavy atom. The van der Waals surface area contributed by atoms with Crippen molar-refractivity contribution in [2.75, 3.05) is 6.54 Å². The third kappa shape index (κ3) is 3.87. The molecule has 1 unspecified atom stereocenters. The van der Waals surface area contributed by atoms with Crippen LogP contribution in [0.3, 0.4) is 0 Å². The Bertz CT molecular complexity index is 220. The van der Waals surface area contributed by atoms with Crippen LogP contribution < -0.4 is 5.32 Å². The standard InChI is InChI=1S/C10H20N4/c1-3-4-5-6-7-11-9(2)10-12-8-13-14-10/h8-9,11H,3-7H2,1-2H3,(H,12,13,14). The first kappa shape index (κ1) is 11.2. The van der Waals surface area contributed by atoms with Crippen LogP contribution in [0.5, 0.6) is 0 Å². The molecule has 2 N–H and O–H groups in total. The van der Waals surface area contributed by atoms with Crippen molar-refractivity contribution in [2.24, 2.45) is 0 Å². The van der Waals surface area contributed by atoms with Crippen LogP contribution in [0.4, 0.5) is 0 Å². The monoisotopic (exact) mass is 196 g/mol. The smallest absolute Gasteiger partial charge is 0.141 e. The van der Waals surface area contributed by atoms with Crippen molar-refractivity contribution in [3.05, 3.63) is 12.2 Å². The van der Waals surface area contributed by atoms with Crippen LogP contribution in [0.1, 0.15) is 51.4 Å². The number of nitrogens with one attached hydrogen (secondary N) is 2. The molecule has 4 heteroatoms. The van der Waals surface area contributed by atoms with Gasteiger partial charge in [0, 0.05) is 0 Å². The second-order valence-electron chi connectivity index (χ2n) is 3.61. The number of hydrogen-bond donors (Lipinski definition) is 2. The molecule has 0 fully saturated rings. The summed E-state index contributed by atoms with van der Waals surface area (Å²) in [7, 11) is 0. The van der Waals surface area contributed by atoms with Crippen molar-refractivity contribution in [3.8, 4) is 0 Å². The molecule has 0 aliphatic carbocycles. The van der Waals surface area contributed by atoms with Crippen LogP contribution in [0.2, 0.25) is 0 Å². The molecular weight excluding hydrogens is 176 g/mol. The van der Waals surface area contributed by atoms with E-state index in [9.17, 15) is 0 Å². The van der Waals surface area contributed by atoms with Gasteiger partial charge in [-0.1, -0.05) is 26.2 Å². The van der Waals surface area contributed by atoms with Gasteiger partial charge in [-0.25, -0.2) is 4.98 Å². The lowest BCUT2D eigenvalue weighted by Gasteiger charge is -2.10. The van der Waals surface area contributed by atoms with E-state index in [0.717, 1.165) is 12.4 Å². The predicted octanol–water partition coefficient (Wildman–Crippen LogP) is 2.04. The molecule has 0 bridgehead atoms. The van der Waals surface area contributed by atoms with Crippen LogP contribution in [0.15, 0.2) is 6.33 Å². The highest BCUT2D eigenvalue weighted by molar-refractivity contribution is 4.88. The van der Waals surface area contributed by atoms with Gasteiger partial charge in [0.1, 0.15) is 12.2 Å². The van der Waals surface area contributed by atoms with Gasteiger partial charge in [0.2, 0.25) is 0 Å². The van der Waals surface area contributed by atoms with Crippen LogP contribution in [0.25, 0.3) is 0 Å². The van der Waals surface area contributed by atoms with Crippen molar-refractivity contribution < 1.29 is 0 Å². The summed E-state index contributed by atoms with van der Waals surface area (Å²) in [6, 6.07) is 0.277. The van der Waals surface area contributed by atoms with E-state index in [1.54, 1.807) is 6.33 Å². The molecule has 1 heterocycles. The van der Waals surface area contributed by atoms with Crippen LogP contribution >= 0.6 is 0 Å². The minimum absolute atomic E-state index is 0.277. The Hall–Kier alpha value is -0.900. The maximum atomic E-state index is 4.10. The Labute approximate surface area is 85.5 Å². The molecule has 0 aliphatic heterocycles. The quantitative estimate of drug-likeness (QED) is 0.656. The van der Waals surface area contributed by atoms with E-state index in [-0.39, 0.29) is 6.04 Å². The molecule has 1 aromatic rings. The van der Waals surface area contributed by atoms with E-state index in [1.165, 1.54) is 25.7 Å². The van der Waals surface area contributed by atoms with Crippen LogP contribution in [0, 0.1) is 0 Å². The number of unbranched alkanes of at least 4 members (excludes halogenated alkanes) is 3. The zero-order chi connectivity index (χ0) is 10.2. The van der Waals surface area contributed by atoms with Crippen molar-refractivity contribution in [3.63, 3.8) is 0 Å². The Kier molecular flexibility index (Phi) is 5.22. The van der Waals surface area contributed by atoms with Gasteiger partial charge in [-0.3, -0.25) is 5.10 Å². The molecule has 1 rings (SSSR count). The summed E-state index contributed by atoms with van der Waals surface area (Å²) in [6.07, 6.45) is 6.72. The first-order valence-electron chi connectivity index (χ1n) is 5.43. The van der Waals surface area contributed by atoms with Gasteiger partial charge in [0.15, 0.2) is 0 Å². The van der Waals surface area contributed by atoms with E-state index in [4.69, 9.17) is 0 Å². The molecular formula is C10H20N4.